The molecule has 0 aliphatic carbocycles. The molecule has 0 fully saturated rings. The van der Waals surface area contributed by atoms with Crippen molar-refractivity contribution in [3.63, 3.8) is 0 Å². The van der Waals surface area contributed by atoms with Crippen molar-refractivity contribution in [2.75, 3.05) is 6.61 Å². The van der Waals surface area contributed by atoms with Crippen molar-refractivity contribution in [2.24, 2.45) is 5.41 Å². The van der Waals surface area contributed by atoms with Crippen molar-refractivity contribution < 1.29 is 27.8 Å². The van der Waals surface area contributed by atoms with Gasteiger partial charge in [0, 0.05) is 29.6 Å². The van der Waals surface area contributed by atoms with Crippen LogP contribution in [-0.2, 0) is 11.0 Å². The van der Waals surface area contributed by atoms with Crippen molar-refractivity contribution in [1.82, 2.24) is 19.9 Å². The fraction of sp³-hybridized carbons (Fsp3) is 0.263. The lowest BCUT2D eigenvalue weighted by atomic mass is 9.95. The molecule has 0 unspecified atom stereocenters. The Morgan fingerprint density at radius 3 is 2.37 bits per heavy atom. The van der Waals surface area contributed by atoms with E-state index < -0.39 is 23.3 Å². The van der Waals surface area contributed by atoms with Gasteiger partial charge in [-0.15, -0.1) is 0 Å². The monoisotopic (exact) mass is 440 g/mol. The third-order valence-electron chi connectivity index (χ3n) is 4.18. The second-order valence-corrected chi connectivity index (χ2v) is 7.47. The molecule has 30 heavy (non-hydrogen) atoms. The van der Waals surface area contributed by atoms with Gasteiger partial charge in [-0.3, -0.25) is 9.78 Å². The average molecular weight is 441 g/mol. The van der Waals surface area contributed by atoms with E-state index in [0.717, 1.165) is 0 Å². The van der Waals surface area contributed by atoms with Crippen LogP contribution in [0, 0.1) is 5.41 Å². The lowest BCUT2D eigenvalue weighted by molar-refractivity contribution is -0.148. The number of carboxylic acids is 1. The fourth-order valence-corrected chi connectivity index (χ4v) is 2.56. The minimum absolute atomic E-state index is 0.0557. The number of carboxylic acid groups (broad SMARTS) is 1. The predicted octanol–water partition coefficient (Wildman–Crippen LogP) is 4.70. The number of pyridine rings is 2. The number of rotatable bonds is 6. The smallest absolute Gasteiger partial charge is 0.432 e. The normalized spacial score (nSPS) is 12.1. The van der Waals surface area contributed by atoms with Crippen LogP contribution in [0.4, 0.5) is 13.2 Å². The number of H-pyrrole nitrogens is 1. The zero-order valence-electron chi connectivity index (χ0n) is 15.8. The van der Waals surface area contributed by atoms with E-state index in [4.69, 9.17) is 21.4 Å². The number of hydrogen-bond acceptors (Lipinski definition) is 5. The summed E-state index contributed by atoms with van der Waals surface area (Å²) >= 11 is 6.19. The van der Waals surface area contributed by atoms with E-state index in [1.165, 1.54) is 32.3 Å². The highest BCUT2D eigenvalue weighted by molar-refractivity contribution is 6.33. The third kappa shape index (κ3) is 4.70. The van der Waals surface area contributed by atoms with Gasteiger partial charge in [-0.05, 0) is 26.0 Å². The zero-order valence-corrected chi connectivity index (χ0v) is 16.5. The van der Waals surface area contributed by atoms with Gasteiger partial charge in [-0.1, -0.05) is 11.6 Å². The Morgan fingerprint density at radius 1 is 1.13 bits per heavy atom. The molecule has 0 atom stereocenters. The number of nitrogens with one attached hydrogen (secondary N) is 1. The van der Waals surface area contributed by atoms with Crippen LogP contribution in [0.25, 0.3) is 22.6 Å². The number of aromatic amines is 1. The molecule has 0 amide bonds. The molecule has 0 spiro atoms. The van der Waals surface area contributed by atoms with E-state index in [2.05, 4.69) is 19.9 Å². The zero-order chi connectivity index (χ0) is 22.1. The molecule has 0 aliphatic heterocycles. The van der Waals surface area contributed by atoms with Gasteiger partial charge < -0.3 is 14.8 Å². The number of halogens is 4. The molecule has 3 aromatic heterocycles. The number of aliphatic carboxylic acids is 1. The van der Waals surface area contributed by atoms with Crippen molar-refractivity contribution >= 4 is 17.6 Å². The van der Waals surface area contributed by atoms with Crippen LogP contribution in [0.3, 0.4) is 0 Å². The quantitative estimate of drug-likeness (QED) is 0.576. The average Bonchev–Trinajstić information content (AvgIpc) is 3.17. The summed E-state index contributed by atoms with van der Waals surface area (Å²) in [5.74, 6) is -0.834. The molecule has 158 valence electrons. The molecular weight excluding hydrogens is 425 g/mol. The van der Waals surface area contributed by atoms with E-state index in [1.807, 2.05) is 0 Å². The molecule has 2 N–H and O–H groups in total. The van der Waals surface area contributed by atoms with Crippen LogP contribution in [0.1, 0.15) is 19.5 Å². The number of aromatic nitrogens is 4. The summed E-state index contributed by atoms with van der Waals surface area (Å²) in [7, 11) is 0. The van der Waals surface area contributed by atoms with Crippen LogP contribution in [0.5, 0.6) is 5.88 Å². The highest BCUT2D eigenvalue weighted by atomic mass is 35.5. The lowest BCUT2D eigenvalue weighted by Crippen LogP contribution is -2.30. The molecule has 0 radical (unpaired) electrons. The summed E-state index contributed by atoms with van der Waals surface area (Å²) in [5.41, 5.74) is -0.761. The number of nitrogens with zero attached hydrogens (tertiary/aromatic N) is 3. The first-order chi connectivity index (χ1) is 14.0. The first-order valence-corrected chi connectivity index (χ1v) is 8.96. The number of alkyl halides is 3. The molecule has 11 heteroatoms. The molecule has 0 saturated heterocycles. The van der Waals surface area contributed by atoms with Crippen LogP contribution < -0.4 is 4.74 Å². The molecule has 0 saturated carbocycles. The maximum absolute atomic E-state index is 12.7. The summed E-state index contributed by atoms with van der Waals surface area (Å²) in [6, 6.07) is 4.78. The maximum Gasteiger partial charge on any atom is 0.432 e. The predicted molar refractivity (Wildman–Crippen MR) is 102 cm³/mol. The van der Waals surface area contributed by atoms with Gasteiger partial charge in [0.15, 0.2) is 5.82 Å². The summed E-state index contributed by atoms with van der Waals surface area (Å²) in [6.07, 6.45) is -0.949. The molecule has 0 bridgehead atoms. The Hall–Kier alpha value is -3.14. The summed E-state index contributed by atoms with van der Waals surface area (Å²) in [4.78, 5) is 25.2. The third-order valence-corrected chi connectivity index (χ3v) is 4.46. The van der Waals surface area contributed by atoms with Crippen LogP contribution in [0.2, 0.25) is 5.02 Å². The van der Waals surface area contributed by atoms with Crippen molar-refractivity contribution in [3.8, 4) is 28.5 Å². The van der Waals surface area contributed by atoms with Crippen LogP contribution >= 0.6 is 11.6 Å². The van der Waals surface area contributed by atoms with E-state index >= 15 is 0 Å². The molecule has 3 aromatic rings. The molecule has 0 aliphatic rings. The number of ether oxygens (including phenoxy) is 1. The SMILES string of the molecule is CC(C)(COc1ccc(-c2cnc(-c3ncc(C(F)(F)F)[nH]3)c(Cl)c2)cn1)C(=O)O. The Labute approximate surface area is 173 Å². The molecule has 7 nitrogen and oxygen atoms in total. The van der Waals surface area contributed by atoms with Crippen LogP contribution in [0.15, 0.2) is 36.8 Å². The Balaban J connectivity index is 1.76. The Kier molecular flexibility index (Phi) is 5.71. The molecule has 3 heterocycles. The topological polar surface area (TPSA) is 101 Å². The van der Waals surface area contributed by atoms with Gasteiger partial charge in [0.1, 0.15) is 18.0 Å². The van der Waals surface area contributed by atoms with Gasteiger partial charge in [0.25, 0.3) is 0 Å². The highest BCUT2D eigenvalue weighted by Crippen LogP contribution is 2.32. The first-order valence-electron chi connectivity index (χ1n) is 8.58. The van der Waals surface area contributed by atoms with Gasteiger partial charge in [-0.25, -0.2) is 9.97 Å². The van der Waals surface area contributed by atoms with Crippen LogP contribution in [-0.4, -0.2) is 37.6 Å². The summed E-state index contributed by atoms with van der Waals surface area (Å²) in [5, 5.41) is 9.21. The summed E-state index contributed by atoms with van der Waals surface area (Å²) < 4.78 is 43.6. The maximum atomic E-state index is 12.7. The van der Waals surface area contributed by atoms with Crippen molar-refractivity contribution in [3.05, 3.63) is 47.5 Å². The Morgan fingerprint density at radius 2 is 1.83 bits per heavy atom. The second-order valence-electron chi connectivity index (χ2n) is 7.06. The van der Waals surface area contributed by atoms with E-state index in [-0.39, 0.29) is 29.0 Å². The summed E-state index contributed by atoms with van der Waals surface area (Å²) in [6.45, 7) is 3.02. The molecule has 0 aromatic carbocycles. The van der Waals surface area contributed by atoms with Gasteiger partial charge in [0.05, 0.1) is 16.6 Å². The number of imidazole rings is 1. The number of hydrogen-bond donors (Lipinski definition) is 2. The molecular formula is C19H16ClF3N4O3. The minimum Gasteiger partial charge on any atom is -0.481 e. The fourth-order valence-electron chi connectivity index (χ4n) is 2.31. The van der Waals surface area contributed by atoms with Crippen molar-refractivity contribution in [2.45, 2.75) is 20.0 Å². The van der Waals surface area contributed by atoms with E-state index in [0.29, 0.717) is 17.3 Å². The highest BCUT2D eigenvalue weighted by Gasteiger charge is 2.33. The second kappa shape index (κ2) is 7.94. The largest absolute Gasteiger partial charge is 0.481 e. The van der Waals surface area contributed by atoms with E-state index in [1.54, 1.807) is 12.1 Å². The number of carbonyl (C=O) groups is 1. The molecule has 3 rings (SSSR count). The van der Waals surface area contributed by atoms with E-state index in [9.17, 15) is 18.0 Å². The first kappa shape index (κ1) is 21.6. The lowest BCUT2D eigenvalue weighted by Gasteiger charge is -2.18. The van der Waals surface area contributed by atoms with Gasteiger partial charge in [0.2, 0.25) is 5.88 Å². The minimum atomic E-state index is -4.55. The standard InChI is InChI=1S/C19H16ClF3N4O3/c1-18(2,17(28)29)9-30-14-4-3-10(6-24-14)11-5-12(20)15(25-7-11)16-26-8-13(27-16)19(21,22)23/h3-8H,9H2,1-2H3,(H,26,27)(H,28,29). The van der Waals surface area contributed by atoms with Gasteiger partial charge in [-0.2, -0.15) is 13.2 Å². The van der Waals surface area contributed by atoms with Gasteiger partial charge >= 0.3 is 12.1 Å². The van der Waals surface area contributed by atoms with Crippen molar-refractivity contribution in [1.29, 1.82) is 0 Å². The Bertz CT molecular complexity index is 1070.